The monoisotopic (exact) mass is 274 g/mol. The standard InChI is InChI=1S/C9H7ClN2OSe/c1-5(13)11-9-12-7-4-6(10)2-3-8(7)14-9/h2-4H,1H3,(H,11,12,13). The van der Waals surface area contributed by atoms with Crippen LogP contribution in [0.4, 0.5) is 4.69 Å². The number of hydrogen-bond donors (Lipinski definition) is 1. The number of halogens is 1. The molecule has 1 N–H and O–H groups in total. The van der Waals surface area contributed by atoms with Gasteiger partial charge in [-0.15, -0.1) is 0 Å². The molecule has 0 spiro atoms. The van der Waals surface area contributed by atoms with E-state index in [0.717, 1.165) is 14.5 Å². The fourth-order valence-electron chi connectivity index (χ4n) is 1.10. The second-order valence-electron chi connectivity index (χ2n) is 2.81. The summed E-state index contributed by atoms with van der Waals surface area (Å²) in [5.41, 5.74) is 0.876. The molecule has 3 nitrogen and oxygen atoms in total. The van der Waals surface area contributed by atoms with Crippen LogP contribution in [0, 0.1) is 0 Å². The maximum absolute atomic E-state index is 10.8. The zero-order chi connectivity index (χ0) is 10.1. The summed E-state index contributed by atoms with van der Waals surface area (Å²) in [5.74, 6) is -0.0791. The van der Waals surface area contributed by atoms with Crippen LogP contribution in [-0.2, 0) is 4.79 Å². The Bertz CT molecular complexity index is 495. The number of carbonyl (C=O) groups is 1. The van der Waals surface area contributed by atoms with Gasteiger partial charge in [-0.1, -0.05) is 0 Å². The van der Waals surface area contributed by atoms with Gasteiger partial charge in [0.1, 0.15) is 0 Å². The maximum atomic E-state index is 10.8. The van der Waals surface area contributed by atoms with Gasteiger partial charge in [-0.2, -0.15) is 0 Å². The summed E-state index contributed by atoms with van der Waals surface area (Å²) in [7, 11) is 0. The third kappa shape index (κ3) is 1.98. The van der Waals surface area contributed by atoms with Gasteiger partial charge in [-0.05, 0) is 0 Å². The van der Waals surface area contributed by atoms with Crippen molar-refractivity contribution in [2.75, 3.05) is 5.32 Å². The fraction of sp³-hybridized carbons (Fsp3) is 0.111. The minimum atomic E-state index is -0.0791. The van der Waals surface area contributed by atoms with Crippen molar-refractivity contribution in [3.05, 3.63) is 23.2 Å². The molecule has 72 valence electrons. The Morgan fingerprint density at radius 3 is 3.07 bits per heavy atom. The molecule has 1 amide bonds. The summed E-state index contributed by atoms with van der Waals surface area (Å²) in [6.45, 7) is 1.48. The second-order valence-corrected chi connectivity index (χ2v) is 5.41. The van der Waals surface area contributed by atoms with Crippen LogP contribution >= 0.6 is 11.6 Å². The number of rotatable bonds is 1. The molecule has 5 heteroatoms. The molecule has 0 saturated carbocycles. The van der Waals surface area contributed by atoms with Crippen molar-refractivity contribution in [3.8, 4) is 0 Å². The summed E-state index contributed by atoms with van der Waals surface area (Å²) in [6, 6.07) is 5.61. The number of benzene rings is 1. The molecule has 0 radical (unpaired) electrons. The fourth-order valence-corrected chi connectivity index (χ4v) is 3.14. The third-order valence-corrected chi connectivity index (χ3v) is 3.86. The van der Waals surface area contributed by atoms with Crippen molar-refractivity contribution >= 4 is 46.5 Å². The molecular formula is C9H7ClN2OSe. The summed E-state index contributed by atoms with van der Waals surface area (Å²) in [6.07, 6.45) is 0. The van der Waals surface area contributed by atoms with Crippen LogP contribution in [0.3, 0.4) is 0 Å². The molecule has 0 saturated heterocycles. The van der Waals surface area contributed by atoms with Crippen LogP contribution in [0.15, 0.2) is 18.2 Å². The number of nitrogens with one attached hydrogen (secondary N) is 1. The number of anilines is 1. The Morgan fingerprint density at radius 2 is 2.36 bits per heavy atom. The summed E-state index contributed by atoms with van der Waals surface area (Å²) in [4.78, 5) is 15.1. The number of aromatic nitrogens is 1. The average molecular weight is 274 g/mol. The molecule has 0 aliphatic carbocycles. The summed E-state index contributed by atoms with van der Waals surface area (Å²) >= 11 is 5.93. The van der Waals surface area contributed by atoms with E-state index in [1.54, 1.807) is 0 Å². The van der Waals surface area contributed by atoms with Crippen LogP contribution < -0.4 is 5.32 Å². The van der Waals surface area contributed by atoms with Crippen molar-refractivity contribution in [3.63, 3.8) is 0 Å². The Labute approximate surface area is 91.8 Å². The normalized spacial score (nSPS) is 10.4. The van der Waals surface area contributed by atoms with Crippen molar-refractivity contribution < 1.29 is 4.79 Å². The number of fused-ring (bicyclic) bond motifs is 1. The number of hydrogen-bond acceptors (Lipinski definition) is 2. The molecule has 1 aromatic heterocycles. The Hall–Kier alpha value is -0.831. The summed E-state index contributed by atoms with van der Waals surface area (Å²) < 4.78 is 1.91. The van der Waals surface area contributed by atoms with Crippen LogP contribution in [0.1, 0.15) is 6.92 Å². The molecule has 0 bridgehead atoms. The number of amides is 1. The van der Waals surface area contributed by atoms with Gasteiger partial charge in [0.2, 0.25) is 0 Å². The van der Waals surface area contributed by atoms with Crippen molar-refractivity contribution in [1.82, 2.24) is 4.98 Å². The van der Waals surface area contributed by atoms with Crippen LogP contribution in [0.5, 0.6) is 0 Å². The van der Waals surface area contributed by atoms with E-state index in [4.69, 9.17) is 11.6 Å². The predicted octanol–water partition coefficient (Wildman–Crippen LogP) is 1.90. The third-order valence-electron chi connectivity index (χ3n) is 1.63. The first-order valence-electron chi connectivity index (χ1n) is 3.99. The van der Waals surface area contributed by atoms with Gasteiger partial charge in [-0.3, -0.25) is 0 Å². The number of nitrogens with zero attached hydrogens (tertiary/aromatic N) is 1. The summed E-state index contributed by atoms with van der Waals surface area (Å²) in [5, 5.41) is 3.38. The van der Waals surface area contributed by atoms with E-state index in [0.29, 0.717) is 5.02 Å². The van der Waals surface area contributed by atoms with E-state index in [2.05, 4.69) is 10.3 Å². The van der Waals surface area contributed by atoms with Crippen LogP contribution in [0.25, 0.3) is 9.78 Å². The molecule has 0 aliphatic heterocycles. The van der Waals surface area contributed by atoms with E-state index in [-0.39, 0.29) is 20.4 Å². The molecule has 2 rings (SSSR count). The first-order chi connectivity index (χ1) is 6.65. The van der Waals surface area contributed by atoms with Gasteiger partial charge in [0.25, 0.3) is 0 Å². The minimum absolute atomic E-state index is 0.0791. The zero-order valence-corrected chi connectivity index (χ0v) is 9.84. The van der Waals surface area contributed by atoms with Gasteiger partial charge in [-0.25, -0.2) is 0 Å². The van der Waals surface area contributed by atoms with Gasteiger partial charge < -0.3 is 0 Å². The molecule has 0 unspecified atom stereocenters. The van der Waals surface area contributed by atoms with E-state index < -0.39 is 0 Å². The Morgan fingerprint density at radius 1 is 1.57 bits per heavy atom. The van der Waals surface area contributed by atoms with Crippen molar-refractivity contribution in [2.24, 2.45) is 0 Å². The first-order valence-corrected chi connectivity index (χ1v) is 6.08. The molecule has 1 aromatic carbocycles. The first kappa shape index (κ1) is 9.71. The molecule has 2 aromatic rings. The van der Waals surface area contributed by atoms with Crippen molar-refractivity contribution in [2.45, 2.75) is 6.92 Å². The van der Waals surface area contributed by atoms with E-state index in [1.165, 1.54) is 6.92 Å². The number of carbonyl (C=O) groups excluding carboxylic acids is 1. The molecule has 0 atom stereocenters. The molecular weight excluding hydrogens is 267 g/mol. The van der Waals surface area contributed by atoms with E-state index in [1.807, 2.05) is 18.2 Å². The molecule has 0 aliphatic rings. The van der Waals surface area contributed by atoms with Crippen LogP contribution in [0.2, 0.25) is 5.02 Å². The Kier molecular flexibility index (Phi) is 2.59. The van der Waals surface area contributed by atoms with E-state index in [9.17, 15) is 4.79 Å². The predicted molar refractivity (Wildman–Crippen MR) is 58.0 cm³/mol. The molecule has 1 heterocycles. The van der Waals surface area contributed by atoms with Gasteiger partial charge in [0.15, 0.2) is 0 Å². The molecule has 0 fully saturated rings. The SMILES string of the molecule is CC(=O)Nc1nc2cc(Cl)ccc2[se]1. The Balaban J connectivity index is 2.46. The van der Waals surface area contributed by atoms with Gasteiger partial charge in [0, 0.05) is 0 Å². The zero-order valence-electron chi connectivity index (χ0n) is 7.37. The van der Waals surface area contributed by atoms with Gasteiger partial charge >= 0.3 is 91.7 Å². The second kappa shape index (κ2) is 3.73. The molecule has 14 heavy (non-hydrogen) atoms. The topological polar surface area (TPSA) is 42.0 Å². The quantitative estimate of drug-likeness (QED) is 0.807. The van der Waals surface area contributed by atoms with E-state index >= 15 is 0 Å². The average Bonchev–Trinajstić information content (AvgIpc) is 2.44. The van der Waals surface area contributed by atoms with Crippen molar-refractivity contribution in [1.29, 1.82) is 0 Å². The van der Waals surface area contributed by atoms with Crippen LogP contribution in [-0.4, -0.2) is 25.4 Å². The van der Waals surface area contributed by atoms with Gasteiger partial charge in [0.05, 0.1) is 0 Å².